The molecule has 0 heterocycles. The lowest BCUT2D eigenvalue weighted by Crippen LogP contribution is -2.14. The van der Waals surface area contributed by atoms with Gasteiger partial charge in [0.05, 0.1) is 12.7 Å². The van der Waals surface area contributed by atoms with E-state index in [2.05, 4.69) is 9.98 Å². The fourth-order valence-corrected chi connectivity index (χ4v) is 1.24. The maximum absolute atomic E-state index is 5.85. The van der Waals surface area contributed by atoms with Crippen LogP contribution >= 0.6 is 11.6 Å². The maximum atomic E-state index is 5.85. The van der Waals surface area contributed by atoms with E-state index in [1.807, 2.05) is 0 Å². The SMILES string of the molecule is CN=CN=C(N)c1cc(Cl)ccc1OC. The van der Waals surface area contributed by atoms with Crippen LogP contribution in [0.3, 0.4) is 0 Å². The lowest BCUT2D eigenvalue weighted by molar-refractivity contribution is 0.414. The van der Waals surface area contributed by atoms with E-state index in [1.165, 1.54) is 6.34 Å². The number of aliphatic imine (C=N–C) groups is 2. The highest BCUT2D eigenvalue weighted by Crippen LogP contribution is 2.22. The van der Waals surface area contributed by atoms with Gasteiger partial charge in [-0.15, -0.1) is 0 Å². The summed E-state index contributed by atoms with van der Waals surface area (Å²) in [6.45, 7) is 0. The largest absolute Gasteiger partial charge is 0.496 e. The molecule has 0 saturated carbocycles. The molecule has 5 heteroatoms. The summed E-state index contributed by atoms with van der Waals surface area (Å²) in [6.07, 6.45) is 1.37. The van der Waals surface area contributed by atoms with Gasteiger partial charge in [-0.3, -0.25) is 4.99 Å². The van der Waals surface area contributed by atoms with E-state index in [-0.39, 0.29) is 0 Å². The Morgan fingerprint density at radius 3 is 2.87 bits per heavy atom. The zero-order valence-electron chi connectivity index (χ0n) is 8.57. The van der Waals surface area contributed by atoms with Gasteiger partial charge in [0, 0.05) is 12.1 Å². The average molecular weight is 226 g/mol. The van der Waals surface area contributed by atoms with E-state index in [0.29, 0.717) is 22.2 Å². The van der Waals surface area contributed by atoms with Crippen LogP contribution in [0.1, 0.15) is 5.56 Å². The molecule has 0 saturated heterocycles. The number of halogens is 1. The lowest BCUT2D eigenvalue weighted by atomic mass is 10.2. The molecule has 0 spiro atoms. The Morgan fingerprint density at radius 2 is 2.27 bits per heavy atom. The fourth-order valence-electron chi connectivity index (χ4n) is 1.07. The Labute approximate surface area is 93.4 Å². The first-order valence-corrected chi connectivity index (χ1v) is 4.64. The number of nitrogens with two attached hydrogens (primary N) is 1. The molecule has 0 bridgehead atoms. The minimum Gasteiger partial charge on any atom is -0.496 e. The van der Waals surface area contributed by atoms with E-state index >= 15 is 0 Å². The lowest BCUT2D eigenvalue weighted by Gasteiger charge is -2.07. The maximum Gasteiger partial charge on any atom is 0.136 e. The highest BCUT2D eigenvalue weighted by molar-refractivity contribution is 6.31. The van der Waals surface area contributed by atoms with Crippen LogP contribution in [0.4, 0.5) is 0 Å². The zero-order chi connectivity index (χ0) is 11.3. The van der Waals surface area contributed by atoms with Gasteiger partial charge in [-0.05, 0) is 18.2 Å². The van der Waals surface area contributed by atoms with Crippen LogP contribution in [-0.2, 0) is 0 Å². The van der Waals surface area contributed by atoms with Gasteiger partial charge in [0.1, 0.15) is 17.9 Å². The predicted molar refractivity (Wildman–Crippen MR) is 63.1 cm³/mol. The summed E-state index contributed by atoms with van der Waals surface area (Å²) in [6, 6.07) is 5.16. The van der Waals surface area contributed by atoms with Crippen molar-refractivity contribution in [2.24, 2.45) is 15.7 Å². The van der Waals surface area contributed by atoms with E-state index in [4.69, 9.17) is 22.1 Å². The van der Waals surface area contributed by atoms with Crippen molar-refractivity contribution in [1.82, 2.24) is 0 Å². The van der Waals surface area contributed by atoms with Gasteiger partial charge in [-0.1, -0.05) is 11.6 Å². The number of hydrogen-bond acceptors (Lipinski definition) is 2. The second-order valence-electron chi connectivity index (χ2n) is 2.73. The van der Waals surface area contributed by atoms with E-state index in [9.17, 15) is 0 Å². The Bertz CT molecular complexity index is 402. The van der Waals surface area contributed by atoms with Crippen LogP contribution in [0, 0.1) is 0 Å². The molecular weight excluding hydrogens is 214 g/mol. The molecule has 0 fully saturated rings. The smallest absolute Gasteiger partial charge is 0.136 e. The van der Waals surface area contributed by atoms with E-state index in [1.54, 1.807) is 32.4 Å². The van der Waals surface area contributed by atoms with Crippen molar-refractivity contribution in [3.8, 4) is 5.75 Å². The molecule has 2 N–H and O–H groups in total. The van der Waals surface area contributed by atoms with Crippen molar-refractivity contribution >= 4 is 23.8 Å². The topological polar surface area (TPSA) is 60.0 Å². The quantitative estimate of drug-likeness (QED) is 0.629. The molecule has 0 amide bonds. The summed E-state index contributed by atoms with van der Waals surface area (Å²) in [4.78, 5) is 7.64. The molecule has 0 atom stereocenters. The Balaban J connectivity index is 3.16. The Morgan fingerprint density at radius 1 is 1.53 bits per heavy atom. The molecule has 0 unspecified atom stereocenters. The van der Waals surface area contributed by atoms with Gasteiger partial charge < -0.3 is 10.5 Å². The molecule has 0 aliphatic rings. The summed E-state index contributed by atoms with van der Waals surface area (Å²) >= 11 is 5.85. The molecule has 1 aromatic rings. The van der Waals surface area contributed by atoms with Gasteiger partial charge in [0.15, 0.2) is 0 Å². The number of amidine groups is 1. The minimum absolute atomic E-state index is 0.319. The molecule has 0 aliphatic carbocycles. The van der Waals surface area contributed by atoms with Gasteiger partial charge in [-0.25, -0.2) is 4.99 Å². The standard InChI is InChI=1S/C10H12ClN3O/c1-13-6-14-10(12)8-5-7(11)3-4-9(8)15-2/h3-6H,1-2H3,(H2,12,13,14). The summed E-state index contributed by atoms with van der Waals surface area (Å²) in [5.41, 5.74) is 6.40. The molecule has 80 valence electrons. The molecule has 15 heavy (non-hydrogen) atoms. The fraction of sp³-hybridized carbons (Fsp3) is 0.200. The third-order valence-electron chi connectivity index (χ3n) is 1.75. The van der Waals surface area contributed by atoms with Crippen LogP contribution in [0.5, 0.6) is 5.75 Å². The molecule has 0 radical (unpaired) electrons. The predicted octanol–water partition coefficient (Wildman–Crippen LogP) is 1.71. The van der Waals surface area contributed by atoms with Gasteiger partial charge >= 0.3 is 0 Å². The zero-order valence-corrected chi connectivity index (χ0v) is 9.32. The first-order chi connectivity index (χ1) is 7.19. The van der Waals surface area contributed by atoms with Crippen molar-refractivity contribution in [3.63, 3.8) is 0 Å². The second kappa shape index (κ2) is 5.36. The van der Waals surface area contributed by atoms with E-state index < -0.39 is 0 Å². The molecule has 1 rings (SSSR count). The number of benzene rings is 1. The Kier molecular flexibility index (Phi) is 4.12. The van der Waals surface area contributed by atoms with Crippen molar-refractivity contribution < 1.29 is 4.74 Å². The number of methoxy groups -OCH3 is 1. The molecule has 1 aromatic carbocycles. The number of hydrogen-bond donors (Lipinski definition) is 1. The molecule has 0 aliphatic heterocycles. The summed E-state index contributed by atoms with van der Waals surface area (Å²) in [7, 11) is 3.18. The molecule has 0 aromatic heterocycles. The van der Waals surface area contributed by atoms with Gasteiger partial charge in [0.25, 0.3) is 0 Å². The summed E-state index contributed by atoms with van der Waals surface area (Å²) in [5.74, 6) is 0.949. The van der Waals surface area contributed by atoms with Gasteiger partial charge in [-0.2, -0.15) is 0 Å². The van der Waals surface area contributed by atoms with Crippen LogP contribution in [0.2, 0.25) is 5.02 Å². The van der Waals surface area contributed by atoms with Crippen LogP contribution < -0.4 is 10.5 Å². The van der Waals surface area contributed by atoms with Crippen molar-refractivity contribution in [1.29, 1.82) is 0 Å². The monoisotopic (exact) mass is 225 g/mol. The number of ether oxygens (including phenoxy) is 1. The minimum atomic E-state index is 0.319. The first-order valence-electron chi connectivity index (χ1n) is 4.27. The summed E-state index contributed by atoms with van der Waals surface area (Å²) in [5, 5.41) is 0.581. The van der Waals surface area contributed by atoms with E-state index in [0.717, 1.165) is 0 Å². The number of nitrogens with zero attached hydrogens (tertiary/aromatic N) is 2. The summed E-state index contributed by atoms with van der Waals surface area (Å²) < 4.78 is 5.14. The molecular formula is C10H12ClN3O. The molecule has 4 nitrogen and oxygen atoms in total. The van der Waals surface area contributed by atoms with Crippen molar-refractivity contribution in [2.75, 3.05) is 14.2 Å². The average Bonchev–Trinajstić information content (AvgIpc) is 2.25. The second-order valence-corrected chi connectivity index (χ2v) is 3.17. The van der Waals surface area contributed by atoms with Gasteiger partial charge in [0.2, 0.25) is 0 Å². The van der Waals surface area contributed by atoms with Crippen LogP contribution in [0.15, 0.2) is 28.2 Å². The highest BCUT2D eigenvalue weighted by atomic mass is 35.5. The van der Waals surface area contributed by atoms with Crippen LogP contribution in [0.25, 0.3) is 0 Å². The number of rotatable bonds is 3. The first kappa shape index (κ1) is 11.5. The Hall–Kier alpha value is -1.55. The highest BCUT2D eigenvalue weighted by Gasteiger charge is 2.06. The third-order valence-corrected chi connectivity index (χ3v) is 1.98. The van der Waals surface area contributed by atoms with Crippen LogP contribution in [-0.4, -0.2) is 26.3 Å². The third kappa shape index (κ3) is 2.95. The normalized spacial score (nSPS) is 12.1. The van der Waals surface area contributed by atoms with Crippen molar-refractivity contribution in [2.45, 2.75) is 0 Å². The van der Waals surface area contributed by atoms with Crippen molar-refractivity contribution in [3.05, 3.63) is 28.8 Å².